The van der Waals surface area contributed by atoms with E-state index < -0.39 is 0 Å². The summed E-state index contributed by atoms with van der Waals surface area (Å²) in [7, 11) is 2.16. The first-order valence-electron chi connectivity index (χ1n) is 17.3. The second kappa shape index (κ2) is 10.2. The van der Waals surface area contributed by atoms with Gasteiger partial charge in [0.25, 0.3) is 0 Å². The van der Waals surface area contributed by atoms with Gasteiger partial charge in [-0.05, 0) is 83.7 Å². The lowest BCUT2D eigenvalue weighted by Gasteiger charge is -2.52. The van der Waals surface area contributed by atoms with E-state index in [1.165, 1.54) is 103 Å². The Bertz CT molecular complexity index is 2100. The van der Waals surface area contributed by atoms with Crippen LogP contribution in [0.15, 0.2) is 102 Å². The van der Waals surface area contributed by atoms with Gasteiger partial charge in [0.1, 0.15) is 18.2 Å². The number of para-hydroxylation sites is 1. The Morgan fingerprint density at radius 2 is 1.20 bits per heavy atom. The fraction of sp³-hybridized carbons (Fsp3) is 0.326. The minimum atomic E-state index is 0.127. The predicted octanol–water partition coefficient (Wildman–Crippen LogP) is 10.9. The van der Waals surface area contributed by atoms with Gasteiger partial charge in [-0.2, -0.15) is 0 Å². The lowest BCUT2D eigenvalue weighted by molar-refractivity contribution is -0.660. The summed E-state index contributed by atoms with van der Waals surface area (Å²) in [6.07, 6.45) is 15.3. The van der Waals surface area contributed by atoms with Crippen molar-refractivity contribution in [1.29, 1.82) is 0 Å². The van der Waals surface area contributed by atoms with E-state index in [1.807, 2.05) is 0 Å². The molecule has 2 aromatic heterocycles. The Balaban J connectivity index is 1.25. The number of furan rings is 1. The Labute approximate surface area is 266 Å². The van der Waals surface area contributed by atoms with Crippen LogP contribution >= 0.6 is 0 Å². The van der Waals surface area contributed by atoms with Gasteiger partial charge in [-0.1, -0.05) is 105 Å². The molecule has 2 nitrogen and oxygen atoms in total. The summed E-state index contributed by atoms with van der Waals surface area (Å²) in [6.45, 7) is 2.21. The zero-order chi connectivity index (χ0) is 30.2. The highest BCUT2D eigenvalue weighted by atomic mass is 16.3. The van der Waals surface area contributed by atoms with Gasteiger partial charge < -0.3 is 4.42 Å². The number of aromatic nitrogens is 1. The average molecular weight is 589 g/mol. The minimum Gasteiger partial charge on any atom is -0.455 e. The Kier molecular flexibility index (Phi) is 6.14. The molecule has 9 rings (SSSR count). The van der Waals surface area contributed by atoms with Crippen LogP contribution in [0, 0.1) is 6.92 Å². The van der Waals surface area contributed by atoms with Gasteiger partial charge in [0.2, 0.25) is 5.69 Å². The molecule has 0 bridgehead atoms. The van der Waals surface area contributed by atoms with Gasteiger partial charge in [-0.25, -0.2) is 4.57 Å². The Hall–Kier alpha value is -4.17. The first-order chi connectivity index (χ1) is 22.1. The van der Waals surface area contributed by atoms with Crippen LogP contribution in [0.25, 0.3) is 44.3 Å². The van der Waals surface area contributed by atoms with Crippen LogP contribution in [-0.2, 0) is 17.9 Å². The molecule has 2 spiro atoms. The van der Waals surface area contributed by atoms with Crippen LogP contribution in [-0.4, -0.2) is 0 Å². The average Bonchev–Trinajstić information content (AvgIpc) is 3.47. The van der Waals surface area contributed by atoms with Gasteiger partial charge in [-0.3, -0.25) is 0 Å². The third kappa shape index (κ3) is 3.90. The molecule has 224 valence electrons. The standard InChI is InChI=1S/C43H42NO/c1-29-17-19-33-32-13-5-8-16-39(32)45-41(33)40(29)38-28-31(21-26-44(38)2)30-18-20-36-37(27-30)43(24-11-4-12-25-43)35-15-7-6-14-34(35)42(36)22-9-3-10-23-42/h5-8,13-21,26-28H,3-4,9-12,22-25H2,1-2H3/q+1. The maximum absolute atomic E-state index is 6.55. The number of nitrogens with zero attached hydrogens (tertiary/aromatic N) is 1. The molecule has 0 amide bonds. The van der Waals surface area contributed by atoms with Crippen molar-refractivity contribution in [2.75, 3.05) is 0 Å². The van der Waals surface area contributed by atoms with Crippen LogP contribution in [0.5, 0.6) is 0 Å². The van der Waals surface area contributed by atoms with Crippen molar-refractivity contribution in [1.82, 2.24) is 0 Å². The summed E-state index contributed by atoms with van der Waals surface area (Å²) in [4.78, 5) is 0. The van der Waals surface area contributed by atoms with E-state index in [0.29, 0.717) is 0 Å². The largest absolute Gasteiger partial charge is 0.455 e. The van der Waals surface area contributed by atoms with E-state index in [2.05, 4.69) is 116 Å². The second-order valence-electron chi connectivity index (χ2n) is 14.2. The van der Waals surface area contributed by atoms with Gasteiger partial charge in [0.15, 0.2) is 6.20 Å². The molecule has 2 heteroatoms. The SMILES string of the molecule is Cc1ccc2c(oc3ccccc32)c1-c1cc(-c2ccc3c(c2)C2(CCCCC2)c2ccccc2C32CCCCC2)cc[n+]1C. The van der Waals surface area contributed by atoms with Crippen molar-refractivity contribution in [2.45, 2.75) is 82.0 Å². The van der Waals surface area contributed by atoms with Gasteiger partial charge in [0.05, 0.1) is 5.56 Å². The van der Waals surface area contributed by atoms with Crippen molar-refractivity contribution >= 4 is 21.9 Å². The Morgan fingerprint density at radius 1 is 0.578 bits per heavy atom. The highest BCUT2D eigenvalue weighted by Crippen LogP contribution is 2.59. The number of hydrogen-bond acceptors (Lipinski definition) is 1. The van der Waals surface area contributed by atoms with Crippen molar-refractivity contribution < 1.29 is 8.98 Å². The summed E-state index contributed by atoms with van der Waals surface area (Å²) < 4.78 is 8.81. The van der Waals surface area contributed by atoms with Crippen molar-refractivity contribution in [3.8, 4) is 22.4 Å². The zero-order valence-electron chi connectivity index (χ0n) is 26.7. The zero-order valence-corrected chi connectivity index (χ0v) is 26.7. The number of hydrogen-bond donors (Lipinski definition) is 0. The summed E-state index contributed by atoms with van der Waals surface area (Å²) in [5.41, 5.74) is 15.0. The summed E-state index contributed by atoms with van der Waals surface area (Å²) in [5, 5.41) is 2.36. The molecule has 0 radical (unpaired) electrons. The van der Waals surface area contributed by atoms with E-state index in [1.54, 1.807) is 22.3 Å². The first kappa shape index (κ1) is 27.2. The molecular weight excluding hydrogens is 546 g/mol. The van der Waals surface area contributed by atoms with Gasteiger partial charge >= 0.3 is 0 Å². The molecule has 3 aliphatic rings. The molecule has 0 aliphatic heterocycles. The van der Waals surface area contributed by atoms with Gasteiger partial charge in [-0.15, -0.1) is 0 Å². The van der Waals surface area contributed by atoms with E-state index in [0.717, 1.165) is 11.2 Å². The molecular formula is C43H42NO+. The first-order valence-corrected chi connectivity index (χ1v) is 17.3. The summed E-state index contributed by atoms with van der Waals surface area (Å²) in [6, 6.07) is 34.8. The van der Waals surface area contributed by atoms with Crippen LogP contribution in [0.4, 0.5) is 0 Å². The maximum atomic E-state index is 6.55. The minimum absolute atomic E-state index is 0.127. The second-order valence-corrected chi connectivity index (χ2v) is 14.2. The monoisotopic (exact) mass is 588 g/mol. The third-order valence-corrected chi connectivity index (χ3v) is 11.9. The molecule has 4 aromatic carbocycles. The molecule has 0 N–H and O–H groups in total. The fourth-order valence-electron chi connectivity index (χ4n) is 9.74. The lowest BCUT2D eigenvalue weighted by Crippen LogP contribution is -2.44. The molecule has 0 saturated heterocycles. The van der Waals surface area contributed by atoms with Crippen molar-refractivity contribution in [3.05, 3.63) is 125 Å². The molecule has 2 saturated carbocycles. The number of fused-ring (bicyclic) bond motifs is 9. The topological polar surface area (TPSA) is 17.0 Å². The summed E-state index contributed by atoms with van der Waals surface area (Å²) >= 11 is 0. The van der Waals surface area contributed by atoms with Gasteiger partial charge in [0, 0.05) is 33.7 Å². The summed E-state index contributed by atoms with van der Waals surface area (Å²) in [5.74, 6) is 0. The third-order valence-electron chi connectivity index (χ3n) is 11.9. The molecule has 0 unspecified atom stereocenters. The fourth-order valence-corrected chi connectivity index (χ4v) is 9.74. The lowest BCUT2D eigenvalue weighted by atomic mass is 9.51. The molecule has 0 atom stereocenters. The number of aryl methyl sites for hydroxylation is 2. The number of pyridine rings is 1. The molecule has 3 aliphatic carbocycles. The van der Waals surface area contributed by atoms with Crippen LogP contribution in [0.2, 0.25) is 0 Å². The van der Waals surface area contributed by atoms with E-state index >= 15 is 0 Å². The molecule has 2 fully saturated rings. The van der Waals surface area contributed by atoms with E-state index in [9.17, 15) is 0 Å². The highest BCUT2D eigenvalue weighted by molar-refractivity contribution is 6.09. The van der Waals surface area contributed by atoms with Crippen molar-refractivity contribution in [3.63, 3.8) is 0 Å². The molecule has 2 heterocycles. The van der Waals surface area contributed by atoms with Crippen LogP contribution in [0.3, 0.4) is 0 Å². The normalized spacial score (nSPS) is 18.4. The smallest absolute Gasteiger partial charge is 0.216 e. The highest BCUT2D eigenvalue weighted by Gasteiger charge is 2.50. The maximum Gasteiger partial charge on any atom is 0.216 e. The van der Waals surface area contributed by atoms with E-state index in [4.69, 9.17) is 4.42 Å². The van der Waals surface area contributed by atoms with E-state index in [-0.39, 0.29) is 10.8 Å². The number of benzene rings is 4. The quantitative estimate of drug-likeness (QED) is 0.184. The van der Waals surface area contributed by atoms with Crippen LogP contribution in [0.1, 0.15) is 92.0 Å². The van der Waals surface area contributed by atoms with Crippen LogP contribution < -0.4 is 4.57 Å². The number of rotatable bonds is 2. The molecule has 6 aromatic rings. The van der Waals surface area contributed by atoms with Crippen molar-refractivity contribution in [2.24, 2.45) is 7.05 Å². The molecule has 45 heavy (non-hydrogen) atoms. The predicted molar refractivity (Wildman–Crippen MR) is 185 cm³/mol. The Morgan fingerprint density at radius 3 is 1.93 bits per heavy atom.